The van der Waals surface area contributed by atoms with Crippen molar-refractivity contribution in [3.8, 4) is 6.07 Å². The second-order valence-corrected chi connectivity index (χ2v) is 9.70. The van der Waals surface area contributed by atoms with Gasteiger partial charge < -0.3 is 0 Å². The van der Waals surface area contributed by atoms with Gasteiger partial charge in [0.25, 0.3) is 10.0 Å². The molecule has 1 aromatic heterocycles. The van der Waals surface area contributed by atoms with Gasteiger partial charge in [-0.3, -0.25) is 4.90 Å². The molecule has 0 amide bonds. The molecule has 0 spiro atoms. The molecule has 2 aromatic rings. The minimum Gasteiger partial charge on any atom is -0.282 e. The van der Waals surface area contributed by atoms with Crippen molar-refractivity contribution in [2.45, 2.75) is 24.1 Å². The number of nitrogens with zero attached hydrogens (tertiary/aromatic N) is 3. The Bertz CT molecular complexity index is 874. The van der Waals surface area contributed by atoms with E-state index in [0.717, 1.165) is 16.0 Å². The number of rotatable bonds is 4. The van der Waals surface area contributed by atoms with Crippen LogP contribution >= 0.6 is 11.3 Å². The summed E-state index contributed by atoms with van der Waals surface area (Å²) in [7, 11) is -3.43. The van der Waals surface area contributed by atoms with Crippen LogP contribution < -0.4 is 0 Å². The van der Waals surface area contributed by atoms with E-state index in [9.17, 15) is 13.7 Å². The maximum absolute atomic E-state index is 12.7. The molecule has 0 N–H and O–H groups in total. The molecule has 0 saturated carbocycles. The molecular weight excluding hydrogens is 354 g/mol. The fraction of sp³-hybridized carbons (Fsp3) is 0.389. The fourth-order valence-corrected chi connectivity index (χ4v) is 5.86. The second-order valence-electron chi connectivity index (χ2n) is 6.25. The summed E-state index contributed by atoms with van der Waals surface area (Å²) in [4.78, 5) is 3.04. The number of hydrogen-bond acceptors (Lipinski definition) is 5. The smallest absolute Gasteiger partial charge is 0.252 e. The molecule has 2 heterocycles. The second kappa shape index (κ2) is 7.26. The van der Waals surface area contributed by atoms with Gasteiger partial charge in [0.15, 0.2) is 0 Å². The van der Waals surface area contributed by atoms with Crippen molar-refractivity contribution in [1.82, 2.24) is 9.21 Å². The Hall–Kier alpha value is -1.72. The lowest BCUT2D eigenvalue weighted by atomic mass is 10.0. The van der Waals surface area contributed by atoms with Crippen molar-refractivity contribution >= 4 is 21.4 Å². The molecule has 132 valence electrons. The van der Waals surface area contributed by atoms with Gasteiger partial charge in [-0.25, -0.2) is 8.42 Å². The van der Waals surface area contributed by atoms with Gasteiger partial charge in [0.1, 0.15) is 10.3 Å². The van der Waals surface area contributed by atoms with E-state index < -0.39 is 10.0 Å². The third kappa shape index (κ3) is 3.77. The summed E-state index contributed by atoms with van der Waals surface area (Å²) in [6.07, 6.45) is 0. The molecular formula is C18H21N3O2S2. The maximum Gasteiger partial charge on any atom is 0.252 e. The number of aryl methyl sites for hydroxylation is 2. The highest BCUT2D eigenvalue weighted by atomic mass is 32.2. The predicted molar refractivity (Wildman–Crippen MR) is 98.9 cm³/mol. The highest BCUT2D eigenvalue weighted by Gasteiger charge is 2.32. The first-order valence-corrected chi connectivity index (χ1v) is 10.4. The lowest BCUT2D eigenvalue weighted by Crippen LogP contribution is -2.49. The third-order valence-electron chi connectivity index (χ3n) is 4.46. The maximum atomic E-state index is 12.7. The van der Waals surface area contributed by atoms with Crippen LogP contribution in [0.2, 0.25) is 0 Å². The number of benzene rings is 1. The van der Waals surface area contributed by atoms with Crippen molar-refractivity contribution < 1.29 is 8.42 Å². The molecule has 3 rings (SSSR count). The van der Waals surface area contributed by atoms with E-state index in [0.29, 0.717) is 30.4 Å². The summed E-state index contributed by atoms with van der Waals surface area (Å²) in [6.45, 7) is 5.83. The van der Waals surface area contributed by atoms with Gasteiger partial charge in [-0.2, -0.15) is 9.57 Å². The lowest BCUT2D eigenvalue weighted by molar-refractivity contribution is 0.163. The molecule has 1 atom stereocenters. The molecule has 1 unspecified atom stereocenters. The number of piperazine rings is 1. The van der Waals surface area contributed by atoms with Crippen molar-refractivity contribution in [2.75, 3.05) is 26.2 Å². The van der Waals surface area contributed by atoms with Gasteiger partial charge in [-0.15, -0.1) is 11.3 Å². The number of hydrogen-bond donors (Lipinski definition) is 0. The molecule has 5 nitrogen and oxygen atoms in total. The van der Waals surface area contributed by atoms with Gasteiger partial charge in [0.2, 0.25) is 0 Å². The van der Waals surface area contributed by atoms with Crippen molar-refractivity contribution in [1.29, 1.82) is 5.26 Å². The van der Waals surface area contributed by atoms with Crippen LogP contribution in [0.5, 0.6) is 0 Å². The zero-order valence-electron chi connectivity index (χ0n) is 14.3. The van der Waals surface area contributed by atoms with Crippen LogP contribution in [0.1, 0.15) is 22.0 Å². The molecule has 7 heteroatoms. The highest BCUT2D eigenvalue weighted by molar-refractivity contribution is 7.91. The Kier molecular flexibility index (Phi) is 5.25. The Morgan fingerprint density at radius 3 is 2.20 bits per heavy atom. The van der Waals surface area contributed by atoms with E-state index in [1.165, 1.54) is 15.6 Å². The summed E-state index contributed by atoms with van der Waals surface area (Å²) in [6, 6.07) is 13.5. The van der Waals surface area contributed by atoms with Gasteiger partial charge in [0, 0.05) is 31.1 Å². The van der Waals surface area contributed by atoms with E-state index in [-0.39, 0.29) is 6.04 Å². The minimum atomic E-state index is -3.43. The normalized spacial score (nSPS) is 18.0. The standard InChI is InChI=1S/C18H21N3O2S2/c1-14-3-6-16(7-4-14)17(13-19)20-9-11-21(12-10-20)25(22,23)18-8-5-15(2)24-18/h3-8,17H,9-12H2,1-2H3. The molecule has 1 saturated heterocycles. The molecule has 0 bridgehead atoms. The van der Waals surface area contributed by atoms with E-state index in [1.807, 2.05) is 44.2 Å². The molecule has 0 radical (unpaired) electrons. The lowest BCUT2D eigenvalue weighted by Gasteiger charge is -2.36. The van der Waals surface area contributed by atoms with E-state index >= 15 is 0 Å². The zero-order valence-corrected chi connectivity index (χ0v) is 16.0. The van der Waals surface area contributed by atoms with E-state index in [1.54, 1.807) is 6.07 Å². The Balaban J connectivity index is 1.71. The molecule has 0 aliphatic carbocycles. The summed E-state index contributed by atoms with van der Waals surface area (Å²) >= 11 is 1.30. The van der Waals surface area contributed by atoms with Crippen LogP contribution in [0.4, 0.5) is 0 Å². The molecule has 1 aliphatic rings. The van der Waals surface area contributed by atoms with Gasteiger partial charge >= 0.3 is 0 Å². The van der Waals surface area contributed by atoms with Crippen LogP contribution in [-0.4, -0.2) is 43.8 Å². The predicted octanol–water partition coefficient (Wildman–Crippen LogP) is 2.94. The van der Waals surface area contributed by atoms with Crippen molar-refractivity contribution in [3.63, 3.8) is 0 Å². The van der Waals surface area contributed by atoms with Crippen LogP contribution in [0, 0.1) is 25.2 Å². The van der Waals surface area contributed by atoms with Crippen molar-refractivity contribution in [2.24, 2.45) is 0 Å². The quantitative estimate of drug-likeness (QED) is 0.824. The monoisotopic (exact) mass is 375 g/mol. The largest absolute Gasteiger partial charge is 0.282 e. The molecule has 25 heavy (non-hydrogen) atoms. The van der Waals surface area contributed by atoms with Gasteiger partial charge in [0.05, 0.1) is 6.07 Å². The molecule has 1 aromatic carbocycles. The minimum absolute atomic E-state index is 0.338. The average molecular weight is 376 g/mol. The first kappa shape index (κ1) is 18.1. The van der Waals surface area contributed by atoms with E-state index in [2.05, 4.69) is 11.0 Å². The highest BCUT2D eigenvalue weighted by Crippen LogP contribution is 2.27. The molecule has 1 fully saturated rings. The van der Waals surface area contributed by atoms with Crippen LogP contribution in [0.15, 0.2) is 40.6 Å². The first-order valence-electron chi connectivity index (χ1n) is 8.18. The zero-order chi connectivity index (χ0) is 18.0. The van der Waals surface area contributed by atoms with Gasteiger partial charge in [-0.05, 0) is 31.5 Å². The summed E-state index contributed by atoms with van der Waals surface area (Å²) in [5.74, 6) is 0. The van der Waals surface area contributed by atoms with Crippen LogP contribution in [0.3, 0.4) is 0 Å². The number of sulfonamides is 1. The summed E-state index contributed by atoms with van der Waals surface area (Å²) in [5.41, 5.74) is 2.11. The Morgan fingerprint density at radius 2 is 1.68 bits per heavy atom. The van der Waals surface area contributed by atoms with E-state index in [4.69, 9.17) is 0 Å². The third-order valence-corrected chi connectivity index (χ3v) is 7.83. The summed E-state index contributed by atoms with van der Waals surface area (Å²) < 4.78 is 27.3. The van der Waals surface area contributed by atoms with Crippen LogP contribution in [-0.2, 0) is 10.0 Å². The van der Waals surface area contributed by atoms with Crippen LogP contribution in [0.25, 0.3) is 0 Å². The average Bonchev–Trinajstić information content (AvgIpc) is 3.05. The topological polar surface area (TPSA) is 64.4 Å². The number of nitriles is 1. The summed E-state index contributed by atoms with van der Waals surface area (Å²) in [5, 5.41) is 9.59. The Morgan fingerprint density at radius 1 is 1.04 bits per heavy atom. The SMILES string of the molecule is Cc1ccc(C(C#N)N2CCN(S(=O)(=O)c3ccc(C)s3)CC2)cc1. The first-order chi connectivity index (χ1) is 11.9. The van der Waals surface area contributed by atoms with Crippen molar-refractivity contribution in [3.05, 3.63) is 52.4 Å². The fourth-order valence-electron chi connectivity index (χ4n) is 3.00. The number of thiophene rings is 1. The molecule has 1 aliphatic heterocycles. The van der Waals surface area contributed by atoms with Gasteiger partial charge in [-0.1, -0.05) is 29.8 Å². The Labute approximate surface area is 153 Å².